The average Bonchev–Trinajstić information content (AvgIpc) is 2.91. The molecule has 1 aromatic heterocycles. The van der Waals surface area contributed by atoms with E-state index in [4.69, 9.17) is 4.74 Å². The van der Waals surface area contributed by atoms with Crippen molar-refractivity contribution in [2.24, 2.45) is 0 Å². The summed E-state index contributed by atoms with van der Waals surface area (Å²) in [6.07, 6.45) is 3.59. The van der Waals surface area contributed by atoms with Crippen LogP contribution < -0.4 is 10.1 Å². The largest absolute Gasteiger partial charge is 0.497 e. The first-order valence-corrected chi connectivity index (χ1v) is 11.8. The summed E-state index contributed by atoms with van der Waals surface area (Å²) in [4.78, 5) is 33.4. The Bertz CT molecular complexity index is 1270. The van der Waals surface area contributed by atoms with Gasteiger partial charge in [-0.25, -0.2) is 0 Å². The number of aryl methyl sites for hydroxylation is 1. The molecule has 6 nitrogen and oxygen atoms in total. The molecule has 0 radical (unpaired) electrons. The van der Waals surface area contributed by atoms with Crippen LogP contribution in [0, 0.1) is 6.92 Å². The molecule has 0 spiro atoms. The van der Waals surface area contributed by atoms with Gasteiger partial charge in [0.25, 0.3) is 5.91 Å². The van der Waals surface area contributed by atoms with Crippen molar-refractivity contribution in [3.05, 3.63) is 126 Å². The van der Waals surface area contributed by atoms with Gasteiger partial charge in [-0.1, -0.05) is 66.2 Å². The van der Waals surface area contributed by atoms with Gasteiger partial charge in [0.2, 0.25) is 5.91 Å². The zero-order valence-electron chi connectivity index (χ0n) is 20.4. The third-order valence-corrected chi connectivity index (χ3v) is 5.90. The fourth-order valence-corrected chi connectivity index (χ4v) is 3.99. The number of hydrogen-bond donors (Lipinski definition) is 1. The van der Waals surface area contributed by atoms with Gasteiger partial charge in [0.1, 0.15) is 11.8 Å². The van der Waals surface area contributed by atoms with Crippen molar-refractivity contribution in [2.45, 2.75) is 25.9 Å². The number of nitrogens with zero attached hydrogens (tertiary/aromatic N) is 2. The molecule has 1 unspecified atom stereocenters. The molecule has 2 amide bonds. The highest BCUT2D eigenvalue weighted by Gasteiger charge is 2.32. The smallest absolute Gasteiger partial charge is 0.251 e. The van der Waals surface area contributed by atoms with E-state index in [1.807, 2.05) is 73.7 Å². The summed E-state index contributed by atoms with van der Waals surface area (Å²) in [6, 6.07) is 27.3. The maximum absolute atomic E-state index is 13.8. The van der Waals surface area contributed by atoms with E-state index in [0.717, 1.165) is 22.3 Å². The van der Waals surface area contributed by atoms with E-state index in [2.05, 4.69) is 10.3 Å². The van der Waals surface area contributed by atoms with Crippen molar-refractivity contribution >= 4 is 17.5 Å². The van der Waals surface area contributed by atoms with Crippen LogP contribution in [0.25, 0.3) is 0 Å². The van der Waals surface area contributed by atoms with Gasteiger partial charge in [0, 0.05) is 24.6 Å². The lowest BCUT2D eigenvalue weighted by Gasteiger charge is -2.32. The Balaban J connectivity index is 1.71. The van der Waals surface area contributed by atoms with Crippen molar-refractivity contribution in [3.8, 4) is 5.75 Å². The first-order valence-electron chi connectivity index (χ1n) is 11.8. The van der Waals surface area contributed by atoms with E-state index < -0.39 is 6.04 Å². The second kappa shape index (κ2) is 11.8. The number of pyridine rings is 1. The molecule has 0 aliphatic carbocycles. The summed E-state index contributed by atoms with van der Waals surface area (Å²) < 4.78 is 5.22. The van der Waals surface area contributed by atoms with Crippen LogP contribution in [0.5, 0.6) is 5.75 Å². The van der Waals surface area contributed by atoms with Crippen LogP contribution >= 0.6 is 0 Å². The van der Waals surface area contributed by atoms with Crippen molar-refractivity contribution in [1.82, 2.24) is 9.88 Å². The van der Waals surface area contributed by atoms with Gasteiger partial charge in [0.05, 0.1) is 13.5 Å². The molecule has 6 heteroatoms. The van der Waals surface area contributed by atoms with Gasteiger partial charge in [-0.3, -0.25) is 14.6 Å². The highest BCUT2D eigenvalue weighted by molar-refractivity contribution is 5.98. The third kappa shape index (κ3) is 6.36. The lowest BCUT2D eigenvalue weighted by Crippen LogP contribution is -2.41. The van der Waals surface area contributed by atoms with Crippen LogP contribution in [-0.2, 0) is 22.6 Å². The van der Waals surface area contributed by atoms with Crippen LogP contribution in [0.3, 0.4) is 0 Å². The highest BCUT2D eigenvalue weighted by atomic mass is 16.5. The number of methoxy groups -OCH3 is 1. The molecule has 0 aliphatic heterocycles. The fourth-order valence-electron chi connectivity index (χ4n) is 3.99. The lowest BCUT2D eigenvalue weighted by molar-refractivity contribution is -0.139. The van der Waals surface area contributed by atoms with Crippen molar-refractivity contribution in [2.75, 3.05) is 12.4 Å². The van der Waals surface area contributed by atoms with Crippen LogP contribution in [0.1, 0.15) is 28.3 Å². The maximum Gasteiger partial charge on any atom is 0.251 e. The number of hydrogen-bond acceptors (Lipinski definition) is 4. The van der Waals surface area contributed by atoms with Gasteiger partial charge in [-0.15, -0.1) is 0 Å². The second-order valence-electron chi connectivity index (χ2n) is 8.58. The number of nitrogens with one attached hydrogen (secondary N) is 1. The molecule has 0 saturated heterocycles. The SMILES string of the molecule is COc1ccc(NC(=O)C(c2ccc(C)cc2)N(Cc2cccnc2)C(=O)Cc2ccccc2)cc1. The summed E-state index contributed by atoms with van der Waals surface area (Å²) in [5.41, 5.74) is 4.15. The Morgan fingerprint density at radius 2 is 1.58 bits per heavy atom. The van der Waals surface area contributed by atoms with Crippen molar-refractivity contribution in [1.29, 1.82) is 0 Å². The van der Waals surface area contributed by atoms with E-state index in [9.17, 15) is 9.59 Å². The summed E-state index contributed by atoms with van der Waals surface area (Å²) in [6.45, 7) is 2.23. The summed E-state index contributed by atoms with van der Waals surface area (Å²) in [5.74, 6) is 0.245. The molecule has 0 bridgehead atoms. The molecule has 4 rings (SSSR count). The Morgan fingerprint density at radius 1 is 0.889 bits per heavy atom. The maximum atomic E-state index is 13.8. The van der Waals surface area contributed by atoms with Crippen molar-refractivity contribution in [3.63, 3.8) is 0 Å². The minimum absolute atomic E-state index is 0.152. The minimum Gasteiger partial charge on any atom is -0.497 e. The second-order valence-corrected chi connectivity index (χ2v) is 8.58. The Kier molecular flexibility index (Phi) is 8.08. The topological polar surface area (TPSA) is 71.5 Å². The summed E-state index contributed by atoms with van der Waals surface area (Å²) >= 11 is 0. The molecule has 182 valence electrons. The molecule has 1 heterocycles. The average molecular weight is 480 g/mol. The number of carbonyl (C=O) groups is 2. The van der Waals surface area contributed by atoms with Crippen LogP contribution in [-0.4, -0.2) is 28.8 Å². The first kappa shape index (κ1) is 24.7. The van der Waals surface area contributed by atoms with Gasteiger partial charge < -0.3 is 15.0 Å². The molecular formula is C30H29N3O3. The number of ether oxygens (including phenoxy) is 1. The van der Waals surface area contributed by atoms with Gasteiger partial charge >= 0.3 is 0 Å². The number of aromatic nitrogens is 1. The molecule has 36 heavy (non-hydrogen) atoms. The fraction of sp³-hybridized carbons (Fsp3) is 0.167. The number of rotatable bonds is 9. The summed E-state index contributed by atoms with van der Waals surface area (Å²) in [5, 5.41) is 2.99. The van der Waals surface area contributed by atoms with Crippen molar-refractivity contribution < 1.29 is 14.3 Å². The molecule has 4 aromatic rings. The Hall–Kier alpha value is -4.45. The lowest BCUT2D eigenvalue weighted by atomic mass is 10.0. The van der Waals surface area contributed by atoms with Crippen LogP contribution in [0.4, 0.5) is 5.69 Å². The highest BCUT2D eigenvalue weighted by Crippen LogP contribution is 2.27. The molecule has 0 aliphatic rings. The number of anilines is 1. The zero-order valence-corrected chi connectivity index (χ0v) is 20.4. The quantitative estimate of drug-likeness (QED) is 0.351. The summed E-state index contributed by atoms with van der Waals surface area (Å²) in [7, 11) is 1.59. The first-order chi connectivity index (χ1) is 17.5. The molecule has 1 N–H and O–H groups in total. The van der Waals surface area contributed by atoms with Crippen LogP contribution in [0.15, 0.2) is 103 Å². The predicted octanol–water partition coefficient (Wildman–Crippen LogP) is 5.35. The molecule has 1 atom stereocenters. The van der Waals surface area contributed by atoms with E-state index in [1.54, 1.807) is 48.7 Å². The standard InChI is InChI=1S/C30H29N3O3/c1-22-10-12-25(13-11-22)29(30(35)32-26-14-16-27(36-2)17-15-26)33(21-24-9-6-18-31-20-24)28(34)19-23-7-4-3-5-8-23/h3-18,20,29H,19,21H2,1-2H3,(H,32,35). The van der Waals surface area contributed by atoms with Gasteiger partial charge in [0.15, 0.2) is 0 Å². The number of amides is 2. The van der Waals surface area contributed by atoms with E-state index in [0.29, 0.717) is 11.4 Å². The molecular weight excluding hydrogens is 450 g/mol. The normalized spacial score (nSPS) is 11.4. The Labute approximate surface area is 211 Å². The number of benzene rings is 3. The van der Waals surface area contributed by atoms with Crippen LogP contribution in [0.2, 0.25) is 0 Å². The number of carbonyl (C=O) groups excluding carboxylic acids is 2. The predicted molar refractivity (Wildman–Crippen MR) is 140 cm³/mol. The molecule has 3 aromatic carbocycles. The monoisotopic (exact) mass is 479 g/mol. The molecule has 0 fully saturated rings. The van der Waals surface area contributed by atoms with E-state index >= 15 is 0 Å². The Morgan fingerprint density at radius 3 is 2.22 bits per heavy atom. The van der Waals surface area contributed by atoms with E-state index in [-0.39, 0.29) is 24.8 Å². The third-order valence-electron chi connectivity index (χ3n) is 5.90. The zero-order chi connectivity index (χ0) is 25.3. The van der Waals surface area contributed by atoms with Gasteiger partial charge in [-0.05, 0) is 53.9 Å². The van der Waals surface area contributed by atoms with Gasteiger partial charge in [-0.2, -0.15) is 0 Å². The minimum atomic E-state index is -0.843. The molecule has 0 saturated carbocycles. The van der Waals surface area contributed by atoms with E-state index in [1.165, 1.54) is 0 Å².